The molecule has 0 bridgehead atoms. The smallest absolute Gasteiger partial charge is 0.251 e. The van der Waals surface area contributed by atoms with Crippen molar-refractivity contribution in [3.05, 3.63) is 53.7 Å². The maximum atomic E-state index is 13.3. The largest absolute Gasteiger partial charge is 0.352 e. The Labute approximate surface area is 143 Å². The van der Waals surface area contributed by atoms with Crippen molar-refractivity contribution in [2.24, 2.45) is 7.05 Å². The molecule has 2 heterocycles. The summed E-state index contributed by atoms with van der Waals surface area (Å²) in [5.41, 5.74) is 2.08. The molecule has 0 spiro atoms. The third kappa shape index (κ3) is 3.41. The minimum atomic E-state index is -0.285. The van der Waals surface area contributed by atoms with E-state index in [9.17, 15) is 9.18 Å². The second-order valence-electron chi connectivity index (χ2n) is 5.31. The van der Waals surface area contributed by atoms with E-state index in [1.54, 1.807) is 24.4 Å². The molecule has 24 heavy (non-hydrogen) atoms. The maximum Gasteiger partial charge on any atom is 0.251 e. The van der Waals surface area contributed by atoms with Crippen molar-refractivity contribution in [2.45, 2.75) is 11.4 Å². The molecule has 0 saturated heterocycles. The summed E-state index contributed by atoms with van der Waals surface area (Å²) >= 11 is 1.49. The van der Waals surface area contributed by atoms with E-state index >= 15 is 0 Å². The number of pyridine rings is 1. The van der Waals surface area contributed by atoms with Crippen molar-refractivity contribution in [3.63, 3.8) is 0 Å². The van der Waals surface area contributed by atoms with Crippen molar-refractivity contribution in [1.29, 1.82) is 0 Å². The Balaban J connectivity index is 1.66. The molecule has 1 aromatic carbocycles. The van der Waals surface area contributed by atoms with E-state index in [4.69, 9.17) is 0 Å². The number of benzene rings is 1. The zero-order valence-electron chi connectivity index (χ0n) is 13.4. The summed E-state index contributed by atoms with van der Waals surface area (Å²) < 4.78 is 15.2. The van der Waals surface area contributed by atoms with Crippen LogP contribution in [0.25, 0.3) is 11.0 Å². The molecule has 0 saturated carbocycles. The molecule has 0 atom stereocenters. The second kappa shape index (κ2) is 7.00. The van der Waals surface area contributed by atoms with Crippen molar-refractivity contribution in [2.75, 3.05) is 12.8 Å². The van der Waals surface area contributed by atoms with Gasteiger partial charge in [-0.15, -0.1) is 11.8 Å². The monoisotopic (exact) mass is 344 g/mol. The Hall–Kier alpha value is -2.41. The van der Waals surface area contributed by atoms with Gasteiger partial charge in [-0.05, 0) is 36.6 Å². The summed E-state index contributed by atoms with van der Waals surface area (Å²) in [5.74, 6) is 0.376. The van der Waals surface area contributed by atoms with Crippen LogP contribution in [-0.2, 0) is 13.5 Å². The summed E-state index contributed by atoms with van der Waals surface area (Å²) in [7, 11) is 1.85. The minimum Gasteiger partial charge on any atom is -0.352 e. The van der Waals surface area contributed by atoms with Crippen LogP contribution >= 0.6 is 11.8 Å². The number of thioether (sulfide) groups is 1. The molecule has 0 aliphatic rings. The third-order valence-electron chi connectivity index (χ3n) is 3.78. The zero-order chi connectivity index (χ0) is 17.1. The molecule has 3 rings (SSSR count). The molecule has 7 heteroatoms. The van der Waals surface area contributed by atoms with Gasteiger partial charge in [0, 0.05) is 31.8 Å². The molecular weight excluding hydrogens is 327 g/mol. The second-order valence-corrected chi connectivity index (χ2v) is 6.14. The van der Waals surface area contributed by atoms with Gasteiger partial charge in [0.1, 0.15) is 11.6 Å². The number of amides is 1. The lowest BCUT2D eigenvalue weighted by atomic mass is 10.2. The number of carbonyl (C=O) groups is 1. The summed E-state index contributed by atoms with van der Waals surface area (Å²) in [5, 5.41) is 3.68. The van der Waals surface area contributed by atoms with Crippen LogP contribution in [0, 0.1) is 5.82 Å². The van der Waals surface area contributed by atoms with Crippen LogP contribution in [0.2, 0.25) is 0 Å². The molecule has 0 fully saturated rings. The SMILES string of the molecule is CSc1cc(C(=O)NCCc2nc3ccc(F)cc3n2C)ccn1. The summed E-state index contributed by atoms with van der Waals surface area (Å²) in [6.07, 6.45) is 4.11. The number of halogens is 1. The highest BCUT2D eigenvalue weighted by Crippen LogP contribution is 2.16. The topological polar surface area (TPSA) is 59.8 Å². The molecule has 124 valence electrons. The predicted molar refractivity (Wildman–Crippen MR) is 92.7 cm³/mol. The van der Waals surface area contributed by atoms with E-state index in [-0.39, 0.29) is 11.7 Å². The Morgan fingerprint density at radius 1 is 1.33 bits per heavy atom. The van der Waals surface area contributed by atoms with Crippen molar-refractivity contribution < 1.29 is 9.18 Å². The number of nitrogens with one attached hydrogen (secondary N) is 1. The lowest BCUT2D eigenvalue weighted by molar-refractivity contribution is 0.0953. The van der Waals surface area contributed by atoms with Gasteiger partial charge in [-0.25, -0.2) is 14.4 Å². The van der Waals surface area contributed by atoms with E-state index in [0.29, 0.717) is 18.5 Å². The first-order valence-corrected chi connectivity index (χ1v) is 8.70. The first-order chi connectivity index (χ1) is 11.6. The molecule has 1 amide bonds. The van der Waals surface area contributed by atoms with Gasteiger partial charge in [0.15, 0.2) is 0 Å². The Kier molecular flexibility index (Phi) is 4.80. The molecule has 5 nitrogen and oxygen atoms in total. The minimum absolute atomic E-state index is 0.141. The fourth-order valence-electron chi connectivity index (χ4n) is 2.49. The third-order valence-corrected chi connectivity index (χ3v) is 4.42. The fraction of sp³-hybridized carbons (Fsp3) is 0.235. The van der Waals surface area contributed by atoms with Crippen LogP contribution in [0.4, 0.5) is 4.39 Å². The van der Waals surface area contributed by atoms with Gasteiger partial charge in [0.05, 0.1) is 16.1 Å². The molecule has 0 unspecified atom stereocenters. The van der Waals surface area contributed by atoms with E-state index < -0.39 is 0 Å². The van der Waals surface area contributed by atoms with Gasteiger partial charge in [-0.2, -0.15) is 0 Å². The van der Waals surface area contributed by atoms with Crippen LogP contribution in [-0.4, -0.2) is 33.2 Å². The molecular formula is C17H17FN4OS. The lowest BCUT2D eigenvalue weighted by Crippen LogP contribution is -2.26. The number of nitrogens with zero attached hydrogens (tertiary/aromatic N) is 3. The average molecular weight is 344 g/mol. The van der Waals surface area contributed by atoms with Gasteiger partial charge in [-0.1, -0.05) is 0 Å². The van der Waals surface area contributed by atoms with Gasteiger partial charge < -0.3 is 9.88 Å². The molecule has 0 aliphatic heterocycles. The van der Waals surface area contributed by atoms with Gasteiger partial charge in [0.25, 0.3) is 5.91 Å². The van der Waals surface area contributed by atoms with E-state index in [0.717, 1.165) is 21.9 Å². The summed E-state index contributed by atoms with van der Waals surface area (Å²) in [6, 6.07) is 7.97. The standard InChI is InChI=1S/C17H17FN4OS/c1-22-14-10-12(18)3-4-13(14)21-15(22)6-8-20-17(23)11-5-7-19-16(9-11)24-2/h3-5,7,9-10H,6,8H2,1-2H3,(H,20,23). The zero-order valence-corrected chi connectivity index (χ0v) is 14.2. The van der Waals surface area contributed by atoms with Gasteiger partial charge >= 0.3 is 0 Å². The quantitative estimate of drug-likeness (QED) is 0.723. The number of rotatable bonds is 5. The van der Waals surface area contributed by atoms with Gasteiger partial charge in [0.2, 0.25) is 0 Å². The Morgan fingerprint density at radius 2 is 2.17 bits per heavy atom. The molecule has 1 N–H and O–H groups in total. The number of aromatic nitrogens is 3. The number of hydrogen-bond acceptors (Lipinski definition) is 4. The van der Waals surface area contributed by atoms with Crippen molar-refractivity contribution in [1.82, 2.24) is 19.9 Å². The molecule has 2 aromatic heterocycles. The number of hydrogen-bond donors (Lipinski definition) is 1. The fourth-order valence-corrected chi connectivity index (χ4v) is 2.90. The van der Waals surface area contributed by atoms with E-state index in [1.165, 1.54) is 23.9 Å². The van der Waals surface area contributed by atoms with E-state index in [2.05, 4.69) is 15.3 Å². The predicted octanol–water partition coefficient (Wildman–Crippen LogP) is 2.80. The van der Waals surface area contributed by atoms with Crippen LogP contribution in [0.3, 0.4) is 0 Å². The maximum absolute atomic E-state index is 13.3. The average Bonchev–Trinajstić information content (AvgIpc) is 2.91. The van der Waals surface area contributed by atoms with Crippen LogP contribution in [0.15, 0.2) is 41.6 Å². The molecule has 0 radical (unpaired) electrons. The number of fused-ring (bicyclic) bond motifs is 1. The van der Waals surface area contributed by atoms with Gasteiger partial charge in [-0.3, -0.25) is 4.79 Å². The number of carbonyl (C=O) groups excluding carboxylic acids is 1. The van der Waals surface area contributed by atoms with E-state index in [1.807, 2.05) is 17.9 Å². The summed E-state index contributed by atoms with van der Waals surface area (Å²) in [6.45, 7) is 0.454. The molecule has 0 aliphatic carbocycles. The highest BCUT2D eigenvalue weighted by Gasteiger charge is 2.10. The van der Waals surface area contributed by atoms with Crippen LogP contribution in [0.5, 0.6) is 0 Å². The first-order valence-electron chi connectivity index (χ1n) is 7.47. The highest BCUT2D eigenvalue weighted by atomic mass is 32.2. The number of imidazole rings is 1. The lowest BCUT2D eigenvalue weighted by Gasteiger charge is -2.06. The van der Waals surface area contributed by atoms with Crippen LogP contribution in [0.1, 0.15) is 16.2 Å². The van der Waals surface area contributed by atoms with Crippen molar-refractivity contribution >= 4 is 28.7 Å². The Morgan fingerprint density at radius 3 is 2.96 bits per heavy atom. The van der Waals surface area contributed by atoms with Crippen molar-refractivity contribution in [3.8, 4) is 0 Å². The highest BCUT2D eigenvalue weighted by molar-refractivity contribution is 7.98. The normalized spacial score (nSPS) is 11.0. The first kappa shape index (κ1) is 16.4. The Bertz CT molecular complexity index is 893. The van der Waals surface area contributed by atoms with Crippen LogP contribution < -0.4 is 5.32 Å². The summed E-state index contributed by atoms with van der Waals surface area (Å²) in [4.78, 5) is 20.8. The number of aryl methyl sites for hydroxylation is 1. The molecule has 3 aromatic rings.